The van der Waals surface area contributed by atoms with Gasteiger partial charge >= 0.3 is 0 Å². The summed E-state index contributed by atoms with van der Waals surface area (Å²) in [6, 6.07) is 13.7. The lowest BCUT2D eigenvalue weighted by atomic mass is 9.98. The van der Waals surface area contributed by atoms with Crippen LogP contribution in [0.25, 0.3) is 50.1 Å². The third-order valence-corrected chi connectivity index (χ3v) is 8.69. The van der Waals surface area contributed by atoms with Crippen LogP contribution < -0.4 is 9.62 Å². The van der Waals surface area contributed by atoms with E-state index in [2.05, 4.69) is 10.3 Å². The molecule has 0 aliphatic carbocycles. The molecule has 0 spiro atoms. The summed E-state index contributed by atoms with van der Waals surface area (Å²) in [6.45, 7) is 1.55. The maximum Gasteiger partial charge on any atom is 0.255 e. The van der Waals surface area contributed by atoms with Gasteiger partial charge in [-0.05, 0) is 67.1 Å². The number of benzene rings is 4. The van der Waals surface area contributed by atoms with E-state index in [1.807, 2.05) is 0 Å². The van der Waals surface area contributed by atoms with Gasteiger partial charge in [-0.15, -0.1) is 0 Å². The molecule has 0 bridgehead atoms. The van der Waals surface area contributed by atoms with E-state index in [1.165, 1.54) is 61.1 Å². The number of hydrogen-bond donors (Lipinski definition) is 1. The van der Waals surface area contributed by atoms with Gasteiger partial charge < -0.3 is 9.73 Å². The Hall–Kier alpha value is -5.17. The van der Waals surface area contributed by atoms with Crippen LogP contribution >= 0.6 is 0 Å². The molecule has 8 nitrogen and oxygen atoms in total. The summed E-state index contributed by atoms with van der Waals surface area (Å²) in [5.41, 5.74) is 1.23. The summed E-state index contributed by atoms with van der Waals surface area (Å²) in [7, 11) is -1.14. The van der Waals surface area contributed by atoms with Crippen LogP contribution in [0.2, 0.25) is 0 Å². The molecule has 230 valence electrons. The molecule has 0 aliphatic heterocycles. The highest BCUT2D eigenvalue weighted by atomic mass is 32.2. The van der Waals surface area contributed by atoms with Gasteiger partial charge in [0.25, 0.3) is 5.91 Å². The molecular weight excluding hydrogens is 612 g/mol. The monoisotopic (exact) mass is 636 g/mol. The number of amides is 1. The number of sulfonamides is 1. The quantitative estimate of drug-likeness (QED) is 0.205. The van der Waals surface area contributed by atoms with E-state index in [4.69, 9.17) is 4.42 Å². The largest absolute Gasteiger partial charge is 0.455 e. The highest BCUT2D eigenvalue weighted by molar-refractivity contribution is 7.92. The van der Waals surface area contributed by atoms with Gasteiger partial charge in [-0.1, -0.05) is 0 Å². The second-order valence-corrected chi connectivity index (χ2v) is 12.4. The van der Waals surface area contributed by atoms with Crippen molar-refractivity contribution in [1.82, 2.24) is 14.9 Å². The smallest absolute Gasteiger partial charge is 0.255 e. The van der Waals surface area contributed by atoms with Crippen molar-refractivity contribution in [2.75, 3.05) is 24.7 Å². The minimum atomic E-state index is -3.87. The second-order valence-electron chi connectivity index (χ2n) is 10.4. The molecule has 1 amide bonds. The Morgan fingerprint density at radius 3 is 2.20 bits per heavy atom. The van der Waals surface area contributed by atoms with E-state index in [-0.39, 0.29) is 61.7 Å². The summed E-state index contributed by atoms with van der Waals surface area (Å²) in [5.74, 6) is -3.14. The minimum absolute atomic E-state index is 0.0636. The zero-order valence-electron chi connectivity index (χ0n) is 24.2. The zero-order chi connectivity index (χ0) is 32.4. The number of aryl methyl sites for hydroxylation is 1. The first kappa shape index (κ1) is 29.9. The lowest BCUT2D eigenvalue weighted by Crippen LogP contribution is -2.25. The zero-order valence-corrected chi connectivity index (χ0v) is 25.1. The fourth-order valence-corrected chi connectivity index (χ4v) is 5.87. The molecule has 6 aromatic rings. The lowest BCUT2D eigenvalue weighted by molar-refractivity contribution is 0.0964. The van der Waals surface area contributed by atoms with E-state index in [9.17, 15) is 26.4 Å². The van der Waals surface area contributed by atoms with Crippen molar-refractivity contribution >= 4 is 43.6 Å². The van der Waals surface area contributed by atoms with Crippen LogP contribution in [0.1, 0.15) is 16.2 Å². The molecule has 2 heterocycles. The number of nitrogens with zero attached hydrogens (tertiary/aromatic N) is 3. The van der Waals surface area contributed by atoms with Crippen LogP contribution in [0.15, 0.2) is 71.1 Å². The summed E-state index contributed by atoms with van der Waals surface area (Å²) in [5, 5.41) is 2.83. The number of rotatable bonds is 6. The van der Waals surface area contributed by atoms with Gasteiger partial charge in [0.05, 0.1) is 28.7 Å². The Labute approximate surface area is 254 Å². The van der Waals surface area contributed by atoms with Crippen molar-refractivity contribution in [1.29, 1.82) is 0 Å². The average Bonchev–Trinajstić information content (AvgIpc) is 3.52. The van der Waals surface area contributed by atoms with Gasteiger partial charge in [0.1, 0.15) is 40.1 Å². The van der Waals surface area contributed by atoms with Crippen molar-refractivity contribution in [3.63, 3.8) is 0 Å². The molecule has 0 unspecified atom stereocenters. The van der Waals surface area contributed by atoms with Gasteiger partial charge in [-0.25, -0.2) is 31.0 Å². The molecule has 0 fully saturated rings. The Kier molecular flexibility index (Phi) is 7.15. The number of nitrogens with one attached hydrogen (secondary N) is 1. The van der Waals surface area contributed by atoms with Gasteiger partial charge in [0.2, 0.25) is 10.0 Å². The number of imidazole rings is 1. The maximum atomic E-state index is 15.7. The minimum Gasteiger partial charge on any atom is -0.455 e. The fraction of sp³-hybridized carbons (Fsp3) is 0.125. The van der Waals surface area contributed by atoms with Crippen LogP contribution in [0.4, 0.5) is 23.2 Å². The highest BCUT2D eigenvalue weighted by Gasteiger charge is 2.27. The van der Waals surface area contributed by atoms with Crippen molar-refractivity contribution in [3.05, 3.63) is 101 Å². The third kappa shape index (κ3) is 5.18. The van der Waals surface area contributed by atoms with Crippen LogP contribution in [0.5, 0.6) is 0 Å². The molecule has 0 radical (unpaired) electrons. The van der Waals surface area contributed by atoms with Crippen molar-refractivity contribution in [2.24, 2.45) is 0 Å². The standard InChI is InChI=1S/C32H24F4N4O4S/c1-16-38-30-25(36)9-18(10-27(30)40(16)22-12-20(34)11-21(35)13-22)23-14-24-28(15-26(23)39(3)45(4,42)43)44-31(29(24)32(41)37-2)17-5-7-19(33)8-6-17/h5-15H,1-4H3,(H,37,41). The van der Waals surface area contributed by atoms with E-state index in [0.29, 0.717) is 11.6 Å². The molecule has 45 heavy (non-hydrogen) atoms. The van der Waals surface area contributed by atoms with Crippen molar-refractivity contribution < 1.29 is 35.2 Å². The predicted octanol–water partition coefficient (Wildman–Crippen LogP) is 6.73. The Bertz CT molecular complexity index is 2260. The number of aromatic nitrogens is 2. The van der Waals surface area contributed by atoms with Gasteiger partial charge in [0.15, 0.2) is 5.82 Å². The van der Waals surface area contributed by atoms with Crippen molar-refractivity contribution in [2.45, 2.75) is 6.92 Å². The highest BCUT2D eigenvalue weighted by Crippen LogP contribution is 2.42. The first-order valence-electron chi connectivity index (χ1n) is 13.4. The SMILES string of the molecule is CNC(=O)c1c(-c2ccc(F)cc2)oc2cc(N(C)S(C)(=O)=O)c(-c3cc(F)c4nc(C)n(-c5cc(F)cc(F)c5)c4c3)cc12. The number of carbonyl (C=O) groups excluding carboxylic acids is 1. The van der Waals surface area contributed by atoms with Crippen LogP contribution in [-0.2, 0) is 10.0 Å². The van der Waals surface area contributed by atoms with Crippen molar-refractivity contribution in [3.8, 4) is 28.1 Å². The van der Waals surface area contributed by atoms with Gasteiger partial charge in [-0.2, -0.15) is 0 Å². The second kappa shape index (κ2) is 10.8. The normalized spacial score (nSPS) is 11.8. The molecule has 4 aromatic carbocycles. The maximum absolute atomic E-state index is 15.7. The first-order valence-corrected chi connectivity index (χ1v) is 15.3. The summed E-state index contributed by atoms with van der Waals surface area (Å²) < 4.78 is 91.7. The number of carbonyl (C=O) groups is 1. The topological polar surface area (TPSA) is 97.4 Å². The molecule has 0 atom stereocenters. The van der Waals surface area contributed by atoms with E-state index < -0.39 is 39.2 Å². The molecule has 0 saturated carbocycles. The average molecular weight is 637 g/mol. The Morgan fingerprint density at radius 1 is 0.911 bits per heavy atom. The number of hydrogen-bond acceptors (Lipinski definition) is 5. The van der Waals surface area contributed by atoms with Crippen LogP contribution in [0.3, 0.4) is 0 Å². The summed E-state index contributed by atoms with van der Waals surface area (Å²) >= 11 is 0. The predicted molar refractivity (Wildman–Crippen MR) is 163 cm³/mol. The molecule has 0 aliphatic rings. The van der Waals surface area contributed by atoms with E-state index in [0.717, 1.165) is 28.8 Å². The number of fused-ring (bicyclic) bond motifs is 2. The number of furan rings is 1. The van der Waals surface area contributed by atoms with Gasteiger partial charge in [-0.3, -0.25) is 13.7 Å². The molecule has 0 saturated heterocycles. The molecule has 2 aromatic heterocycles. The third-order valence-electron chi connectivity index (χ3n) is 7.50. The van der Waals surface area contributed by atoms with E-state index in [1.54, 1.807) is 6.92 Å². The fourth-order valence-electron chi connectivity index (χ4n) is 5.36. The summed E-state index contributed by atoms with van der Waals surface area (Å²) in [6.07, 6.45) is 0.990. The number of anilines is 1. The molecule has 6 rings (SSSR count). The first-order chi connectivity index (χ1) is 21.3. The molecule has 13 heteroatoms. The molecule has 1 N–H and O–H groups in total. The number of halogens is 4. The van der Waals surface area contributed by atoms with Gasteiger partial charge in [0, 0.05) is 42.7 Å². The Balaban J connectivity index is 1.69. The van der Waals surface area contributed by atoms with Crippen LogP contribution in [0, 0.1) is 30.2 Å². The van der Waals surface area contributed by atoms with E-state index >= 15 is 4.39 Å². The molecular formula is C32H24F4N4O4S. The van der Waals surface area contributed by atoms with Crippen LogP contribution in [-0.4, -0.2) is 44.2 Å². The summed E-state index contributed by atoms with van der Waals surface area (Å²) in [4.78, 5) is 17.4. The lowest BCUT2D eigenvalue weighted by Gasteiger charge is -2.21. The Morgan fingerprint density at radius 2 is 1.58 bits per heavy atom.